The average molecular weight is 382 g/mol. The molecule has 102 valence electrons. The van der Waals surface area contributed by atoms with Crippen LogP contribution >= 0.6 is 22.6 Å². The Morgan fingerprint density at radius 3 is 2.55 bits per heavy atom. The van der Waals surface area contributed by atoms with Gasteiger partial charge >= 0.3 is 5.97 Å². The quantitative estimate of drug-likeness (QED) is 0.798. The molecule has 2 aromatic carbocycles. The molecule has 5 nitrogen and oxygen atoms in total. The fourth-order valence-corrected chi connectivity index (χ4v) is 2.18. The topological polar surface area (TPSA) is 89.5 Å². The van der Waals surface area contributed by atoms with Crippen LogP contribution in [0.25, 0.3) is 0 Å². The molecule has 0 saturated heterocycles. The highest BCUT2D eigenvalue weighted by Gasteiger charge is 2.13. The third-order valence-electron chi connectivity index (χ3n) is 2.56. The summed E-state index contributed by atoms with van der Waals surface area (Å²) in [6.45, 7) is 0. The van der Waals surface area contributed by atoms with Crippen LogP contribution < -0.4 is 10.4 Å². The third-order valence-corrected chi connectivity index (χ3v) is 3.23. The first-order chi connectivity index (χ1) is 9.47. The number of halogens is 1. The van der Waals surface area contributed by atoms with E-state index >= 15 is 0 Å². The zero-order chi connectivity index (χ0) is 14.7. The van der Waals surface area contributed by atoms with Crippen LogP contribution in [-0.4, -0.2) is 17.0 Å². The molecule has 0 fully saturated rings. The van der Waals surface area contributed by atoms with Crippen LogP contribution in [0.15, 0.2) is 42.5 Å². The standard InChI is InChI=1S/C14H10INO4/c15-9-3-1-2-8(6-9)13(18)16-12-5-4-10(17)7-11(12)14(19)20/h1-7,17H,(H,16,18)(H,19,20)/p-1. The summed E-state index contributed by atoms with van der Waals surface area (Å²) in [4.78, 5) is 23.1. The summed E-state index contributed by atoms with van der Waals surface area (Å²) in [6.07, 6.45) is 0. The van der Waals surface area contributed by atoms with Crippen molar-refractivity contribution >= 4 is 40.2 Å². The molecule has 0 aromatic heterocycles. The van der Waals surface area contributed by atoms with E-state index in [1.165, 1.54) is 12.1 Å². The van der Waals surface area contributed by atoms with Gasteiger partial charge in [-0.3, -0.25) is 4.79 Å². The van der Waals surface area contributed by atoms with E-state index in [4.69, 9.17) is 5.11 Å². The maximum Gasteiger partial charge on any atom is 0.337 e. The molecule has 2 rings (SSSR count). The van der Waals surface area contributed by atoms with Gasteiger partial charge in [-0.15, -0.1) is 5.75 Å². The lowest BCUT2D eigenvalue weighted by molar-refractivity contribution is -0.268. The van der Waals surface area contributed by atoms with E-state index in [-0.39, 0.29) is 11.3 Å². The molecule has 20 heavy (non-hydrogen) atoms. The van der Waals surface area contributed by atoms with Gasteiger partial charge in [0.25, 0.3) is 5.91 Å². The lowest BCUT2D eigenvalue weighted by atomic mass is 10.1. The first-order valence-corrected chi connectivity index (χ1v) is 6.66. The van der Waals surface area contributed by atoms with Crippen molar-refractivity contribution in [3.63, 3.8) is 0 Å². The van der Waals surface area contributed by atoms with Crippen molar-refractivity contribution in [1.82, 2.24) is 0 Å². The Hall–Kier alpha value is -2.09. The number of anilines is 1. The molecular weight excluding hydrogens is 373 g/mol. The maximum absolute atomic E-state index is 12.0. The summed E-state index contributed by atoms with van der Waals surface area (Å²) in [7, 11) is 0. The van der Waals surface area contributed by atoms with Crippen molar-refractivity contribution in [2.24, 2.45) is 0 Å². The van der Waals surface area contributed by atoms with Gasteiger partial charge in [-0.2, -0.15) is 0 Å². The Morgan fingerprint density at radius 1 is 1.15 bits per heavy atom. The Morgan fingerprint density at radius 2 is 1.90 bits per heavy atom. The van der Waals surface area contributed by atoms with Crippen molar-refractivity contribution in [2.45, 2.75) is 0 Å². The largest absolute Gasteiger partial charge is 0.872 e. The molecule has 0 aliphatic carbocycles. The van der Waals surface area contributed by atoms with Crippen molar-refractivity contribution in [3.05, 3.63) is 57.2 Å². The number of carboxylic acids is 1. The second-order valence-electron chi connectivity index (χ2n) is 3.98. The van der Waals surface area contributed by atoms with Gasteiger partial charge in [-0.25, -0.2) is 4.79 Å². The molecule has 0 heterocycles. The van der Waals surface area contributed by atoms with Crippen molar-refractivity contribution in [1.29, 1.82) is 0 Å². The fourth-order valence-electron chi connectivity index (χ4n) is 1.63. The van der Waals surface area contributed by atoms with Crippen molar-refractivity contribution in [2.75, 3.05) is 5.32 Å². The minimum absolute atomic E-state index is 0.0981. The summed E-state index contributed by atoms with van der Waals surface area (Å²) in [6, 6.07) is 10.3. The molecule has 0 radical (unpaired) electrons. The zero-order valence-corrected chi connectivity index (χ0v) is 12.2. The Kier molecular flexibility index (Phi) is 4.23. The number of carbonyl (C=O) groups excluding carboxylic acids is 1. The van der Waals surface area contributed by atoms with Crippen LogP contribution in [0.1, 0.15) is 20.7 Å². The van der Waals surface area contributed by atoms with Crippen LogP contribution in [0, 0.1) is 3.57 Å². The van der Waals surface area contributed by atoms with Gasteiger partial charge in [0.1, 0.15) is 0 Å². The molecule has 0 saturated carbocycles. The van der Waals surface area contributed by atoms with Crippen LogP contribution in [0.4, 0.5) is 5.69 Å². The van der Waals surface area contributed by atoms with Crippen molar-refractivity contribution in [3.8, 4) is 5.75 Å². The minimum Gasteiger partial charge on any atom is -0.872 e. The molecule has 0 aliphatic heterocycles. The SMILES string of the molecule is O=C(Nc1ccc([O-])cc1C(=O)O)c1cccc(I)c1. The Labute approximate surface area is 128 Å². The van der Waals surface area contributed by atoms with Gasteiger partial charge in [0.2, 0.25) is 0 Å². The highest BCUT2D eigenvalue weighted by atomic mass is 127. The number of nitrogens with one attached hydrogen (secondary N) is 1. The lowest BCUT2D eigenvalue weighted by Crippen LogP contribution is -2.15. The molecular formula is C14H9INO4-. The third kappa shape index (κ3) is 3.27. The highest BCUT2D eigenvalue weighted by Crippen LogP contribution is 2.21. The number of amides is 1. The Bertz CT molecular complexity index is 685. The number of benzene rings is 2. The van der Waals surface area contributed by atoms with Crippen LogP contribution in [0.3, 0.4) is 0 Å². The summed E-state index contributed by atoms with van der Waals surface area (Å²) in [5.41, 5.74) is 0.289. The minimum atomic E-state index is -1.26. The summed E-state index contributed by atoms with van der Waals surface area (Å²) in [5.74, 6) is -2.11. The van der Waals surface area contributed by atoms with E-state index in [0.29, 0.717) is 5.56 Å². The summed E-state index contributed by atoms with van der Waals surface area (Å²) in [5, 5.41) is 22.7. The second-order valence-corrected chi connectivity index (χ2v) is 5.22. The molecule has 6 heteroatoms. The zero-order valence-electron chi connectivity index (χ0n) is 10.1. The van der Waals surface area contributed by atoms with Crippen molar-refractivity contribution < 1.29 is 19.8 Å². The van der Waals surface area contributed by atoms with Crippen LogP contribution in [0.2, 0.25) is 0 Å². The van der Waals surface area contributed by atoms with Crippen LogP contribution in [-0.2, 0) is 0 Å². The van der Waals surface area contributed by atoms with E-state index < -0.39 is 17.6 Å². The number of hydrogen-bond donors (Lipinski definition) is 2. The van der Waals surface area contributed by atoms with Gasteiger partial charge in [0.05, 0.1) is 11.3 Å². The Balaban J connectivity index is 2.30. The fraction of sp³-hybridized carbons (Fsp3) is 0. The molecule has 0 bridgehead atoms. The molecule has 0 unspecified atom stereocenters. The molecule has 2 N–H and O–H groups in total. The molecule has 0 spiro atoms. The first-order valence-electron chi connectivity index (χ1n) is 5.58. The van der Waals surface area contributed by atoms with E-state index in [9.17, 15) is 14.7 Å². The number of rotatable bonds is 3. The number of carbonyl (C=O) groups is 2. The molecule has 0 aliphatic rings. The van der Waals surface area contributed by atoms with Gasteiger partial charge in [0, 0.05) is 9.13 Å². The first kappa shape index (κ1) is 14.3. The second kappa shape index (κ2) is 5.91. The average Bonchev–Trinajstić information content (AvgIpc) is 2.40. The predicted octanol–water partition coefficient (Wildman–Crippen LogP) is 2.32. The van der Waals surface area contributed by atoms with E-state index in [2.05, 4.69) is 27.9 Å². The van der Waals surface area contributed by atoms with Gasteiger partial charge < -0.3 is 15.5 Å². The van der Waals surface area contributed by atoms with Gasteiger partial charge in [-0.1, -0.05) is 18.2 Å². The monoisotopic (exact) mass is 382 g/mol. The molecule has 1 amide bonds. The highest BCUT2D eigenvalue weighted by molar-refractivity contribution is 14.1. The number of hydrogen-bond acceptors (Lipinski definition) is 3. The summed E-state index contributed by atoms with van der Waals surface area (Å²) < 4.78 is 0.892. The van der Waals surface area contributed by atoms with E-state index in [1.54, 1.807) is 18.2 Å². The van der Waals surface area contributed by atoms with Gasteiger partial charge in [0.15, 0.2) is 0 Å². The molecule has 2 aromatic rings. The maximum atomic E-state index is 12.0. The molecule has 0 atom stereocenters. The number of aromatic carboxylic acids is 1. The van der Waals surface area contributed by atoms with E-state index in [1.807, 2.05) is 6.07 Å². The predicted molar refractivity (Wildman–Crippen MR) is 80.0 cm³/mol. The summed E-state index contributed by atoms with van der Waals surface area (Å²) >= 11 is 2.08. The van der Waals surface area contributed by atoms with Crippen LogP contribution in [0.5, 0.6) is 5.75 Å². The number of carboxylic acid groups (broad SMARTS) is 1. The normalized spacial score (nSPS) is 10.1. The van der Waals surface area contributed by atoms with Gasteiger partial charge in [-0.05, 0) is 46.9 Å². The lowest BCUT2D eigenvalue weighted by Gasteiger charge is -2.12. The smallest absolute Gasteiger partial charge is 0.337 e. The van der Waals surface area contributed by atoms with E-state index in [0.717, 1.165) is 9.64 Å².